The van der Waals surface area contributed by atoms with Crippen LogP contribution in [0.25, 0.3) is 0 Å². The van der Waals surface area contributed by atoms with Crippen molar-refractivity contribution >= 4 is 12.4 Å². The minimum atomic E-state index is -0.131. The third-order valence-electron chi connectivity index (χ3n) is 2.80. The van der Waals surface area contributed by atoms with Crippen molar-refractivity contribution in [1.29, 1.82) is 0 Å². The Bertz CT molecular complexity index is 381. The summed E-state index contributed by atoms with van der Waals surface area (Å²) < 4.78 is 5.36. The molecular formula is C11H17ClN2O3. The number of nitrogens with one attached hydrogen (secondary N) is 1. The largest absolute Gasteiger partial charge is 0.506 e. The number of aromatic hydroxyl groups is 1. The minimum Gasteiger partial charge on any atom is -0.506 e. The van der Waals surface area contributed by atoms with Gasteiger partial charge in [-0.25, -0.2) is 0 Å². The molecule has 2 heterocycles. The number of rotatable bonds is 2. The number of hydrogen-bond donors (Lipinski definition) is 3. The van der Waals surface area contributed by atoms with Crippen LogP contribution in [0.4, 0.5) is 0 Å². The van der Waals surface area contributed by atoms with E-state index in [-0.39, 0.29) is 30.8 Å². The number of morpholine rings is 1. The highest BCUT2D eigenvalue weighted by molar-refractivity contribution is 5.85. The summed E-state index contributed by atoms with van der Waals surface area (Å²) in [7, 11) is 0. The molecule has 2 rings (SSSR count). The first kappa shape index (κ1) is 14.2. The first-order valence-electron chi connectivity index (χ1n) is 5.33. The predicted octanol–water partition coefficient (Wildman–Crippen LogP) is 0.671. The third kappa shape index (κ3) is 2.87. The van der Waals surface area contributed by atoms with E-state index in [1.165, 1.54) is 0 Å². The van der Waals surface area contributed by atoms with Gasteiger partial charge in [0.1, 0.15) is 5.75 Å². The van der Waals surface area contributed by atoms with Crippen molar-refractivity contribution in [3.8, 4) is 5.75 Å². The van der Waals surface area contributed by atoms with Crippen molar-refractivity contribution in [2.75, 3.05) is 19.8 Å². The molecule has 1 aliphatic rings. The van der Waals surface area contributed by atoms with Crippen molar-refractivity contribution in [1.82, 2.24) is 10.3 Å². The first-order chi connectivity index (χ1) is 7.74. The number of aliphatic hydroxyl groups is 1. The third-order valence-corrected chi connectivity index (χ3v) is 2.80. The number of pyridine rings is 1. The molecule has 0 amide bonds. The summed E-state index contributed by atoms with van der Waals surface area (Å²) in [5, 5.41) is 22.5. The van der Waals surface area contributed by atoms with Crippen molar-refractivity contribution < 1.29 is 14.9 Å². The van der Waals surface area contributed by atoms with E-state index in [1.807, 2.05) is 0 Å². The maximum absolute atomic E-state index is 9.99. The molecule has 0 unspecified atom stereocenters. The Morgan fingerprint density at radius 3 is 2.94 bits per heavy atom. The summed E-state index contributed by atoms with van der Waals surface area (Å²) in [4.78, 5) is 4.03. The molecule has 17 heavy (non-hydrogen) atoms. The van der Waals surface area contributed by atoms with Gasteiger partial charge in [0.2, 0.25) is 0 Å². The average Bonchev–Trinajstić information content (AvgIpc) is 2.33. The van der Waals surface area contributed by atoms with Crippen LogP contribution < -0.4 is 5.32 Å². The molecule has 1 aromatic rings. The molecule has 96 valence electrons. The number of nitrogens with zero attached hydrogens (tertiary/aromatic N) is 1. The van der Waals surface area contributed by atoms with Crippen LogP contribution in [0.2, 0.25) is 0 Å². The number of aryl methyl sites for hydroxylation is 1. The van der Waals surface area contributed by atoms with Crippen molar-refractivity contribution in [2.24, 2.45) is 0 Å². The fourth-order valence-electron chi connectivity index (χ4n) is 1.92. The van der Waals surface area contributed by atoms with Gasteiger partial charge in [-0.05, 0) is 6.92 Å². The fraction of sp³-hybridized carbons (Fsp3) is 0.545. The normalized spacial score (nSPS) is 19.8. The Morgan fingerprint density at radius 1 is 1.59 bits per heavy atom. The van der Waals surface area contributed by atoms with Crippen molar-refractivity contribution in [2.45, 2.75) is 19.6 Å². The summed E-state index contributed by atoms with van der Waals surface area (Å²) in [6, 6.07) is -0.0717. The quantitative estimate of drug-likeness (QED) is 0.729. The van der Waals surface area contributed by atoms with Crippen LogP contribution in [0.3, 0.4) is 0 Å². The average molecular weight is 261 g/mol. The highest BCUT2D eigenvalue weighted by atomic mass is 35.5. The zero-order valence-electron chi connectivity index (χ0n) is 9.64. The van der Waals surface area contributed by atoms with E-state index < -0.39 is 0 Å². The van der Waals surface area contributed by atoms with Crippen LogP contribution in [-0.4, -0.2) is 35.0 Å². The lowest BCUT2D eigenvalue weighted by Gasteiger charge is -2.26. The van der Waals surface area contributed by atoms with E-state index in [4.69, 9.17) is 4.74 Å². The van der Waals surface area contributed by atoms with E-state index in [9.17, 15) is 10.2 Å². The van der Waals surface area contributed by atoms with Gasteiger partial charge in [0.25, 0.3) is 0 Å². The molecule has 0 radical (unpaired) electrons. The number of aliphatic hydroxyl groups excluding tert-OH is 1. The summed E-state index contributed by atoms with van der Waals surface area (Å²) in [5.41, 5.74) is 1.92. The fourth-order valence-corrected chi connectivity index (χ4v) is 1.92. The Morgan fingerprint density at radius 2 is 2.35 bits per heavy atom. The van der Waals surface area contributed by atoms with Crippen molar-refractivity contribution in [3.05, 3.63) is 23.0 Å². The molecule has 3 N–H and O–H groups in total. The molecule has 1 aliphatic heterocycles. The van der Waals surface area contributed by atoms with E-state index in [0.29, 0.717) is 30.0 Å². The first-order valence-corrected chi connectivity index (χ1v) is 5.33. The second kappa shape index (κ2) is 6.16. The number of hydrogen-bond acceptors (Lipinski definition) is 5. The van der Waals surface area contributed by atoms with Crippen LogP contribution in [0.15, 0.2) is 6.20 Å². The smallest absolute Gasteiger partial charge is 0.141 e. The zero-order valence-corrected chi connectivity index (χ0v) is 10.5. The SMILES string of the molecule is Cc1ncc(CO)c([C@H]2COCCN2)c1O.Cl. The molecule has 0 aliphatic carbocycles. The summed E-state index contributed by atoms with van der Waals surface area (Å²) in [6.07, 6.45) is 1.60. The number of halogens is 1. The minimum absolute atomic E-state index is 0. The van der Waals surface area contributed by atoms with Crippen LogP contribution in [0, 0.1) is 6.92 Å². The number of aromatic nitrogens is 1. The van der Waals surface area contributed by atoms with Crippen LogP contribution >= 0.6 is 12.4 Å². The van der Waals surface area contributed by atoms with Gasteiger partial charge in [0.05, 0.1) is 31.6 Å². The van der Waals surface area contributed by atoms with Gasteiger partial charge >= 0.3 is 0 Å². The molecule has 0 aromatic carbocycles. The molecule has 1 atom stereocenters. The van der Waals surface area contributed by atoms with E-state index in [2.05, 4.69) is 10.3 Å². The lowest BCUT2D eigenvalue weighted by Crippen LogP contribution is -2.35. The summed E-state index contributed by atoms with van der Waals surface area (Å²) >= 11 is 0. The summed E-state index contributed by atoms with van der Waals surface area (Å²) in [5.74, 6) is 0.148. The molecule has 1 aromatic heterocycles. The standard InChI is InChI=1S/C11H16N2O3.ClH/c1-7-11(15)10(8(5-14)4-13-7)9-6-16-3-2-12-9;/h4,9,12,14-15H,2-3,5-6H2,1H3;1H/t9-;/m1./s1. The Kier molecular flexibility index (Phi) is 5.14. The monoisotopic (exact) mass is 260 g/mol. The van der Waals surface area contributed by atoms with Gasteiger partial charge in [-0.1, -0.05) is 0 Å². The van der Waals surface area contributed by atoms with E-state index >= 15 is 0 Å². The highest BCUT2D eigenvalue weighted by Crippen LogP contribution is 2.30. The molecule has 1 fully saturated rings. The van der Waals surface area contributed by atoms with E-state index in [0.717, 1.165) is 6.54 Å². The van der Waals surface area contributed by atoms with E-state index in [1.54, 1.807) is 13.1 Å². The maximum Gasteiger partial charge on any atom is 0.141 e. The molecule has 0 saturated carbocycles. The van der Waals surface area contributed by atoms with Crippen LogP contribution in [-0.2, 0) is 11.3 Å². The maximum atomic E-state index is 9.99. The second-order valence-electron chi connectivity index (χ2n) is 3.87. The van der Waals surface area contributed by atoms with Gasteiger partial charge in [0.15, 0.2) is 0 Å². The van der Waals surface area contributed by atoms with Crippen molar-refractivity contribution in [3.63, 3.8) is 0 Å². The Balaban J connectivity index is 0.00000144. The molecule has 0 bridgehead atoms. The Labute approximate surface area is 106 Å². The van der Waals surface area contributed by atoms with Crippen LogP contribution in [0.1, 0.15) is 22.9 Å². The zero-order chi connectivity index (χ0) is 11.5. The molecule has 1 saturated heterocycles. The van der Waals surface area contributed by atoms with Gasteiger partial charge in [0, 0.05) is 23.9 Å². The van der Waals surface area contributed by atoms with Gasteiger partial charge in [-0.3, -0.25) is 4.98 Å². The van der Waals surface area contributed by atoms with Gasteiger partial charge in [-0.2, -0.15) is 0 Å². The van der Waals surface area contributed by atoms with Gasteiger partial charge in [-0.15, -0.1) is 12.4 Å². The second-order valence-corrected chi connectivity index (χ2v) is 3.87. The predicted molar refractivity (Wildman–Crippen MR) is 65.4 cm³/mol. The molecule has 0 spiro atoms. The Hall–Kier alpha value is -0.880. The number of ether oxygens (including phenoxy) is 1. The lowest BCUT2D eigenvalue weighted by molar-refractivity contribution is 0.0753. The van der Waals surface area contributed by atoms with Crippen LogP contribution in [0.5, 0.6) is 5.75 Å². The molecular weight excluding hydrogens is 244 g/mol. The topological polar surface area (TPSA) is 74.6 Å². The van der Waals surface area contributed by atoms with Gasteiger partial charge < -0.3 is 20.3 Å². The highest BCUT2D eigenvalue weighted by Gasteiger charge is 2.23. The molecule has 6 heteroatoms. The molecule has 5 nitrogen and oxygen atoms in total. The lowest BCUT2D eigenvalue weighted by atomic mass is 10.00. The summed E-state index contributed by atoms with van der Waals surface area (Å²) in [6.45, 7) is 3.54.